The lowest BCUT2D eigenvalue weighted by Crippen LogP contribution is -2.13. The first kappa shape index (κ1) is 21.4. The minimum atomic E-state index is -3.74. The average Bonchev–Trinajstić information content (AvgIpc) is 2.77. The van der Waals surface area contributed by atoms with Crippen LogP contribution in [-0.2, 0) is 10.0 Å². The summed E-state index contributed by atoms with van der Waals surface area (Å²) in [5.74, 6) is -0.324. The highest BCUT2D eigenvalue weighted by molar-refractivity contribution is 7.92. The summed E-state index contributed by atoms with van der Waals surface area (Å²) in [5, 5.41) is 9.77. The molecule has 4 rings (SSSR count). The summed E-state index contributed by atoms with van der Waals surface area (Å²) in [4.78, 5) is 11.8. The number of anilines is 1. The van der Waals surface area contributed by atoms with E-state index in [0.29, 0.717) is 11.4 Å². The predicted octanol–water partition coefficient (Wildman–Crippen LogP) is 4.63. The molecule has 162 valence electrons. The minimum Gasteiger partial charge on any atom is -0.503 e. The van der Waals surface area contributed by atoms with Crippen molar-refractivity contribution in [3.05, 3.63) is 107 Å². The number of para-hydroxylation sites is 1. The van der Waals surface area contributed by atoms with Gasteiger partial charge in [0.1, 0.15) is 0 Å². The molecule has 32 heavy (non-hydrogen) atoms. The molecular formula is C25H22N2O4S. The summed E-state index contributed by atoms with van der Waals surface area (Å²) in [6.07, 6.45) is 1.39. The van der Waals surface area contributed by atoms with E-state index in [-0.39, 0.29) is 10.6 Å². The zero-order chi connectivity index (χ0) is 22.9. The van der Waals surface area contributed by atoms with Crippen molar-refractivity contribution in [1.82, 2.24) is 4.57 Å². The largest absolute Gasteiger partial charge is 0.503 e. The average molecular weight is 447 g/mol. The molecule has 0 unspecified atom stereocenters. The molecule has 7 heteroatoms. The van der Waals surface area contributed by atoms with Gasteiger partial charge in [-0.25, -0.2) is 8.42 Å². The molecule has 2 N–H and O–H groups in total. The molecule has 0 spiro atoms. The van der Waals surface area contributed by atoms with Crippen molar-refractivity contribution in [3.8, 4) is 22.6 Å². The Morgan fingerprint density at radius 3 is 2.22 bits per heavy atom. The normalized spacial score (nSPS) is 11.3. The quantitative estimate of drug-likeness (QED) is 0.468. The Bertz CT molecular complexity index is 1440. The van der Waals surface area contributed by atoms with Crippen LogP contribution in [-0.4, -0.2) is 18.1 Å². The van der Waals surface area contributed by atoms with Crippen LogP contribution in [0.4, 0.5) is 5.69 Å². The number of pyridine rings is 1. The molecule has 4 aromatic rings. The fraction of sp³-hybridized carbons (Fsp3) is 0.0800. The first-order valence-electron chi connectivity index (χ1n) is 9.96. The highest BCUT2D eigenvalue weighted by Crippen LogP contribution is 2.30. The summed E-state index contributed by atoms with van der Waals surface area (Å²) in [5.41, 5.74) is 4.03. The third-order valence-corrected chi connectivity index (χ3v) is 6.56. The molecule has 0 aliphatic heterocycles. The number of hydrogen-bond acceptors (Lipinski definition) is 4. The van der Waals surface area contributed by atoms with Gasteiger partial charge in [0.05, 0.1) is 16.8 Å². The number of hydrogen-bond donors (Lipinski definition) is 2. The van der Waals surface area contributed by atoms with E-state index in [2.05, 4.69) is 4.72 Å². The Morgan fingerprint density at radius 1 is 0.875 bits per heavy atom. The van der Waals surface area contributed by atoms with Crippen molar-refractivity contribution >= 4 is 15.7 Å². The van der Waals surface area contributed by atoms with Crippen molar-refractivity contribution in [3.63, 3.8) is 0 Å². The van der Waals surface area contributed by atoms with Gasteiger partial charge in [-0.3, -0.25) is 9.52 Å². The Labute approximate surface area is 186 Å². The van der Waals surface area contributed by atoms with Crippen molar-refractivity contribution in [2.75, 3.05) is 4.72 Å². The van der Waals surface area contributed by atoms with Crippen molar-refractivity contribution in [2.24, 2.45) is 0 Å². The molecule has 1 aromatic heterocycles. The molecule has 0 saturated carbocycles. The number of rotatable bonds is 5. The van der Waals surface area contributed by atoms with E-state index in [9.17, 15) is 18.3 Å². The first-order chi connectivity index (χ1) is 15.2. The van der Waals surface area contributed by atoms with Gasteiger partial charge in [0.2, 0.25) is 5.43 Å². The number of aromatic hydroxyl groups is 1. The van der Waals surface area contributed by atoms with Crippen LogP contribution in [0.3, 0.4) is 0 Å². The highest BCUT2D eigenvalue weighted by Gasteiger charge is 2.16. The smallest absolute Gasteiger partial charge is 0.261 e. The van der Waals surface area contributed by atoms with Gasteiger partial charge < -0.3 is 9.67 Å². The maximum atomic E-state index is 12.9. The van der Waals surface area contributed by atoms with Crippen LogP contribution in [0.2, 0.25) is 0 Å². The fourth-order valence-electron chi connectivity index (χ4n) is 3.45. The van der Waals surface area contributed by atoms with Crippen molar-refractivity contribution in [2.45, 2.75) is 18.7 Å². The molecule has 0 amide bonds. The standard InChI is InChI=1S/C25H22N2O4S/c1-17-7-13-21(14-8-17)32(30,31)26-23-6-4-3-5-22(23)19-9-11-20(12-10-19)27-16-25(29)24(28)15-18(27)2/h3-16,26,29H,1-2H3. The van der Waals surface area contributed by atoms with Gasteiger partial charge in [0.15, 0.2) is 5.75 Å². The second kappa shape index (κ2) is 8.36. The summed E-state index contributed by atoms with van der Waals surface area (Å²) < 4.78 is 30.1. The van der Waals surface area contributed by atoms with Gasteiger partial charge in [0.25, 0.3) is 10.0 Å². The Hall–Kier alpha value is -3.84. The number of nitrogens with zero attached hydrogens (tertiary/aromatic N) is 1. The van der Waals surface area contributed by atoms with E-state index < -0.39 is 15.5 Å². The SMILES string of the molecule is Cc1ccc(S(=O)(=O)Nc2ccccc2-c2ccc(-n3cc(O)c(=O)cc3C)cc2)cc1. The summed E-state index contributed by atoms with van der Waals surface area (Å²) in [7, 11) is -3.74. The van der Waals surface area contributed by atoms with Gasteiger partial charge in [-0.15, -0.1) is 0 Å². The molecule has 0 aliphatic rings. The van der Waals surface area contributed by atoms with Crippen LogP contribution in [0.15, 0.2) is 94.7 Å². The van der Waals surface area contributed by atoms with Crippen LogP contribution in [0.25, 0.3) is 16.8 Å². The zero-order valence-corrected chi connectivity index (χ0v) is 18.4. The summed E-state index contributed by atoms with van der Waals surface area (Å²) >= 11 is 0. The van der Waals surface area contributed by atoms with E-state index in [1.165, 1.54) is 12.3 Å². The Morgan fingerprint density at radius 2 is 1.53 bits per heavy atom. The molecular weight excluding hydrogens is 424 g/mol. The predicted molar refractivity (Wildman–Crippen MR) is 126 cm³/mol. The molecule has 0 aliphatic carbocycles. The lowest BCUT2D eigenvalue weighted by atomic mass is 10.0. The molecule has 1 heterocycles. The topological polar surface area (TPSA) is 88.4 Å². The van der Waals surface area contributed by atoms with Gasteiger partial charge in [0, 0.05) is 23.0 Å². The number of sulfonamides is 1. The third-order valence-electron chi connectivity index (χ3n) is 5.18. The van der Waals surface area contributed by atoms with E-state index in [0.717, 1.165) is 22.4 Å². The van der Waals surface area contributed by atoms with E-state index in [1.807, 2.05) is 43.3 Å². The monoisotopic (exact) mass is 446 g/mol. The molecule has 6 nitrogen and oxygen atoms in total. The minimum absolute atomic E-state index is 0.196. The van der Waals surface area contributed by atoms with Crippen LogP contribution in [0.1, 0.15) is 11.3 Å². The van der Waals surface area contributed by atoms with E-state index in [4.69, 9.17) is 0 Å². The first-order valence-corrected chi connectivity index (χ1v) is 11.4. The number of aromatic nitrogens is 1. The van der Waals surface area contributed by atoms with Crippen LogP contribution in [0, 0.1) is 13.8 Å². The van der Waals surface area contributed by atoms with Crippen LogP contribution >= 0.6 is 0 Å². The number of aryl methyl sites for hydroxylation is 2. The second-order valence-corrected chi connectivity index (χ2v) is 9.23. The van der Waals surface area contributed by atoms with E-state index in [1.54, 1.807) is 47.9 Å². The maximum Gasteiger partial charge on any atom is 0.261 e. The molecule has 0 atom stereocenters. The molecule has 3 aromatic carbocycles. The lowest BCUT2D eigenvalue weighted by Gasteiger charge is -2.15. The Kier molecular flexibility index (Phi) is 5.59. The molecule has 0 bridgehead atoms. The summed E-state index contributed by atoms with van der Waals surface area (Å²) in [6, 6.07) is 22.7. The van der Waals surface area contributed by atoms with Crippen LogP contribution < -0.4 is 10.2 Å². The second-order valence-electron chi connectivity index (χ2n) is 7.55. The van der Waals surface area contributed by atoms with Crippen LogP contribution in [0.5, 0.6) is 5.75 Å². The van der Waals surface area contributed by atoms with Crippen molar-refractivity contribution < 1.29 is 13.5 Å². The Balaban J connectivity index is 1.68. The molecule has 0 fully saturated rings. The van der Waals surface area contributed by atoms with Gasteiger partial charge >= 0.3 is 0 Å². The number of benzene rings is 3. The van der Waals surface area contributed by atoms with Gasteiger partial charge in [-0.05, 0) is 49.7 Å². The maximum absolute atomic E-state index is 12.9. The fourth-order valence-corrected chi connectivity index (χ4v) is 4.53. The number of nitrogens with one attached hydrogen (secondary N) is 1. The van der Waals surface area contributed by atoms with Crippen molar-refractivity contribution in [1.29, 1.82) is 0 Å². The van der Waals surface area contributed by atoms with Gasteiger partial charge in [-0.1, -0.05) is 48.0 Å². The molecule has 0 radical (unpaired) electrons. The molecule has 0 saturated heterocycles. The van der Waals surface area contributed by atoms with E-state index >= 15 is 0 Å². The summed E-state index contributed by atoms with van der Waals surface area (Å²) in [6.45, 7) is 3.68. The third kappa shape index (κ3) is 4.29. The lowest BCUT2D eigenvalue weighted by molar-refractivity contribution is 0.465. The highest BCUT2D eigenvalue weighted by atomic mass is 32.2. The zero-order valence-electron chi connectivity index (χ0n) is 17.6. The van der Waals surface area contributed by atoms with Gasteiger partial charge in [-0.2, -0.15) is 0 Å².